The molecule has 0 aliphatic carbocycles. The van der Waals surface area contributed by atoms with Crippen LogP contribution in [0.25, 0.3) is 50.7 Å². The Kier molecular flexibility index (Phi) is 7.46. The predicted molar refractivity (Wildman–Crippen MR) is 207 cm³/mol. The summed E-state index contributed by atoms with van der Waals surface area (Å²) in [6, 6.07) is 34.0. The van der Waals surface area contributed by atoms with E-state index in [1.54, 1.807) is 0 Å². The number of aliphatic imine (C=N–C) groups is 1. The molecule has 6 heteroatoms. The van der Waals surface area contributed by atoms with Crippen LogP contribution in [0.15, 0.2) is 126 Å². The monoisotopic (exact) mass is 668 g/mol. The summed E-state index contributed by atoms with van der Waals surface area (Å²) in [4.78, 5) is 18.9. The van der Waals surface area contributed by atoms with Gasteiger partial charge in [0.1, 0.15) is 11.5 Å². The average Bonchev–Trinajstić information content (AvgIpc) is 3.79. The van der Waals surface area contributed by atoms with E-state index >= 15 is 0 Å². The first kappa shape index (κ1) is 32.2. The van der Waals surface area contributed by atoms with E-state index in [4.69, 9.17) is 15.0 Å². The number of benzene rings is 3. The molecule has 3 aromatic carbocycles. The van der Waals surface area contributed by atoms with Gasteiger partial charge in [-0.25, -0.2) is 15.0 Å². The minimum absolute atomic E-state index is 0.121. The van der Waals surface area contributed by atoms with Crippen LogP contribution in [0.4, 0.5) is 0 Å². The van der Waals surface area contributed by atoms with Crippen LogP contribution >= 0.6 is 0 Å². The number of phenolic OH excluding ortho intramolecular Hbond substituents is 2. The molecule has 2 aliphatic heterocycles. The van der Waals surface area contributed by atoms with Crippen molar-refractivity contribution in [2.75, 3.05) is 0 Å². The van der Waals surface area contributed by atoms with Gasteiger partial charge in [0.15, 0.2) is 0 Å². The lowest BCUT2D eigenvalue weighted by atomic mass is 9.83. The molecule has 3 N–H and O–H groups in total. The van der Waals surface area contributed by atoms with Gasteiger partial charge in [0, 0.05) is 39.2 Å². The first-order valence-electron chi connectivity index (χ1n) is 17.3. The highest BCUT2D eigenvalue weighted by Gasteiger charge is 2.26. The number of H-pyrrole nitrogens is 1. The SMILES string of the molecule is CC(C)(C)c1cc2c(O)c(c1)-c1cccc(n1)-c1cccc(n1)-c1cc(C(C)(C)C)cc(c1O)-c1ccc([nH]1)C(c1ccccc1)=C1C=CC2=N1. The number of phenols is 2. The summed E-state index contributed by atoms with van der Waals surface area (Å²) in [5, 5.41) is 24.0. The molecule has 0 saturated carbocycles. The molecule has 0 unspecified atom stereocenters. The first-order chi connectivity index (χ1) is 24.3. The molecule has 0 radical (unpaired) electrons. The molecule has 51 heavy (non-hydrogen) atoms. The minimum Gasteiger partial charge on any atom is -0.507 e. The molecule has 12 bridgehead atoms. The molecule has 0 amide bonds. The molecule has 0 fully saturated rings. The van der Waals surface area contributed by atoms with Crippen LogP contribution in [0.3, 0.4) is 0 Å². The summed E-state index contributed by atoms with van der Waals surface area (Å²) in [6.45, 7) is 13.0. The zero-order valence-corrected chi connectivity index (χ0v) is 29.7. The van der Waals surface area contributed by atoms with Crippen LogP contribution in [0, 0.1) is 0 Å². The van der Waals surface area contributed by atoms with Gasteiger partial charge < -0.3 is 15.2 Å². The third kappa shape index (κ3) is 5.77. The van der Waals surface area contributed by atoms with Crippen molar-refractivity contribution in [1.29, 1.82) is 0 Å². The Bertz CT molecular complexity index is 2450. The number of fused-ring (bicyclic) bond motifs is 16. The highest BCUT2D eigenvalue weighted by Crippen LogP contribution is 2.44. The number of allylic oxidation sites excluding steroid dienone is 2. The fourth-order valence-electron chi connectivity index (χ4n) is 6.78. The second kappa shape index (κ2) is 11.8. The van der Waals surface area contributed by atoms with Crippen molar-refractivity contribution < 1.29 is 10.2 Å². The van der Waals surface area contributed by atoms with Gasteiger partial charge in [0.2, 0.25) is 0 Å². The quantitative estimate of drug-likeness (QED) is 0.163. The lowest BCUT2D eigenvalue weighted by Gasteiger charge is -2.22. The molecule has 252 valence electrons. The maximum absolute atomic E-state index is 12.0. The van der Waals surface area contributed by atoms with Crippen LogP contribution in [0.2, 0.25) is 0 Å². The Balaban J connectivity index is 1.47. The van der Waals surface area contributed by atoms with E-state index in [9.17, 15) is 10.2 Å². The third-order valence-electron chi connectivity index (χ3n) is 9.74. The predicted octanol–water partition coefficient (Wildman–Crippen LogP) is 10.6. The van der Waals surface area contributed by atoms with Gasteiger partial charge in [-0.1, -0.05) is 84.0 Å². The molecule has 0 atom stereocenters. The molecule has 2 aliphatic rings. The first-order valence-corrected chi connectivity index (χ1v) is 17.3. The fourth-order valence-corrected chi connectivity index (χ4v) is 6.78. The van der Waals surface area contributed by atoms with E-state index in [-0.39, 0.29) is 22.3 Å². The topological polar surface area (TPSA) is 94.4 Å². The normalized spacial score (nSPS) is 13.8. The van der Waals surface area contributed by atoms with E-state index in [0.29, 0.717) is 50.7 Å². The minimum atomic E-state index is -0.209. The van der Waals surface area contributed by atoms with Crippen LogP contribution in [-0.2, 0) is 10.8 Å². The van der Waals surface area contributed by atoms with Gasteiger partial charge >= 0.3 is 0 Å². The smallest absolute Gasteiger partial charge is 0.134 e. The Morgan fingerprint density at radius 3 is 1.61 bits per heavy atom. The number of nitrogens with one attached hydrogen (secondary N) is 1. The number of pyridine rings is 2. The lowest BCUT2D eigenvalue weighted by Crippen LogP contribution is -2.13. The maximum atomic E-state index is 12.0. The van der Waals surface area contributed by atoms with Crippen molar-refractivity contribution in [2.24, 2.45) is 4.99 Å². The van der Waals surface area contributed by atoms with Gasteiger partial charge in [-0.15, -0.1) is 0 Å². The van der Waals surface area contributed by atoms with Crippen molar-refractivity contribution in [3.8, 4) is 56.7 Å². The van der Waals surface area contributed by atoms with Crippen LogP contribution in [0.5, 0.6) is 11.5 Å². The van der Waals surface area contributed by atoms with Gasteiger partial charge in [0.25, 0.3) is 0 Å². The number of rotatable bonds is 1. The second-order valence-electron chi connectivity index (χ2n) is 15.4. The van der Waals surface area contributed by atoms with E-state index in [0.717, 1.165) is 39.3 Å². The Labute approximate surface area is 298 Å². The molecule has 0 spiro atoms. The molecule has 8 rings (SSSR count). The van der Waals surface area contributed by atoms with E-state index in [2.05, 4.69) is 64.7 Å². The summed E-state index contributed by atoms with van der Waals surface area (Å²) >= 11 is 0. The zero-order valence-electron chi connectivity index (χ0n) is 29.7. The summed E-state index contributed by atoms with van der Waals surface area (Å²) in [6.07, 6.45) is 3.97. The Hall–Kier alpha value is -6.01. The summed E-state index contributed by atoms with van der Waals surface area (Å²) in [7, 11) is 0. The number of nitrogens with zero attached hydrogens (tertiary/aromatic N) is 3. The van der Waals surface area contributed by atoms with Crippen molar-refractivity contribution in [1.82, 2.24) is 15.0 Å². The van der Waals surface area contributed by atoms with E-state index < -0.39 is 0 Å². The Morgan fingerprint density at radius 1 is 0.510 bits per heavy atom. The van der Waals surface area contributed by atoms with Gasteiger partial charge in [-0.2, -0.15) is 0 Å². The van der Waals surface area contributed by atoms with Crippen molar-refractivity contribution >= 4 is 11.3 Å². The molecule has 0 saturated heterocycles. The fraction of sp³-hybridized carbons (Fsp3) is 0.178. The molecule has 6 aromatic rings. The molecular weight excluding hydrogens is 629 g/mol. The summed E-state index contributed by atoms with van der Waals surface area (Å²) in [5.41, 5.74) is 11.9. The third-order valence-corrected chi connectivity index (χ3v) is 9.74. The number of aromatic amines is 1. The van der Waals surface area contributed by atoms with Gasteiger partial charge in [-0.3, -0.25) is 0 Å². The van der Waals surface area contributed by atoms with Gasteiger partial charge in [0.05, 0.1) is 34.2 Å². The summed E-state index contributed by atoms with van der Waals surface area (Å²) < 4.78 is 0. The van der Waals surface area contributed by atoms with Crippen molar-refractivity contribution in [3.05, 3.63) is 149 Å². The molecule has 3 aromatic heterocycles. The molecular formula is C45H40N4O2. The zero-order chi connectivity index (χ0) is 35.7. The highest BCUT2D eigenvalue weighted by atomic mass is 16.3. The Morgan fingerprint density at radius 2 is 1.02 bits per heavy atom. The van der Waals surface area contributed by atoms with Gasteiger partial charge in [-0.05, 0) is 100 Å². The summed E-state index contributed by atoms with van der Waals surface area (Å²) in [5.74, 6) is 0.266. The van der Waals surface area contributed by atoms with E-state index in [1.807, 2.05) is 97.1 Å². The standard InChI is InChI=1S/C45H40N4O2/c1-44(2,3)27-22-29-33-14-10-16-37(46-33)38-17-11-15-34(47-38)30-23-28(45(4,5)6)25-32(43(30)51)36-19-21-40(49-36)41(26-12-8-7-9-13-26)39-20-18-35(48-39)31(24-27)42(29)50/h7-25,48,50-51H,1-6H3. The van der Waals surface area contributed by atoms with Crippen LogP contribution < -0.4 is 0 Å². The number of hydrogen-bond donors (Lipinski definition) is 3. The van der Waals surface area contributed by atoms with Crippen LogP contribution in [0.1, 0.15) is 69.5 Å². The number of aromatic nitrogens is 3. The molecule has 6 nitrogen and oxygen atoms in total. The molecule has 5 heterocycles. The van der Waals surface area contributed by atoms with E-state index in [1.165, 1.54) is 0 Å². The average molecular weight is 669 g/mol. The highest BCUT2D eigenvalue weighted by molar-refractivity contribution is 6.15. The van der Waals surface area contributed by atoms with Crippen molar-refractivity contribution in [2.45, 2.75) is 52.4 Å². The lowest BCUT2D eigenvalue weighted by molar-refractivity contribution is 0.474. The van der Waals surface area contributed by atoms with Crippen molar-refractivity contribution in [3.63, 3.8) is 0 Å². The number of aromatic hydroxyl groups is 2. The van der Waals surface area contributed by atoms with Crippen LogP contribution in [-0.4, -0.2) is 30.9 Å². The number of hydrogen-bond acceptors (Lipinski definition) is 5. The largest absolute Gasteiger partial charge is 0.507 e. The maximum Gasteiger partial charge on any atom is 0.134 e. The second-order valence-corrected chi connectivity index (χ2v) is 15.4.